The van der Waals surface area contributed by atoms with E-state index in [0.717, 1.165) is 17.1 Å². The van der Waals surface area contributed by atoms with Crippen molar-refractivity contribution >= 4 is 23.2 Å². The maximum Gasteiger partial charge on any atom is 0.307 e. The van der Waals surface area contributed by atoms with E-state index in [9.17, 15) is 14.7 Å². The number of hydrogen-bond acceptors (Lipinski definition) is 4. The lowest BCUT2D eigenvalue weighted by Crippen LogP contribution is -2.39. The van der Waals surface area contributed by atoms with Gasteiger partial charge in [0, 0.05) is 5.38 Å². The van der Waals surface area contributed by atoms with Crippen LogP contribution in [0.5, 0.6) is 0 Å². The Balaban J connectivity index is 1.64. The zero-order valence-corrected chi connectivity index (χ0v) is 13.5. The van der Waals surface area contributed by atoms with Gasteiger partial charge >= 0.3 is 5.97 Å². The Labute approximate surface area is 133 Å². The molecular weight excluding hydrogens is 300 g/mol. The van der Waals surface area contributed by atoms with Crippen LogP contribution in [-0.2, 0) is 16.1 Å². The quantitative estimate of drug-likeness (QED) is 0.817. The molecule has 0 saturated heterocycles. The van der Waals surface area contributed by atoms with Crippen molar-refractivity contribution in [1.82, 2.24) is 10.3 Å². The predicted octanol–water partition coefficient (Wildman–Crippen LogP) is 2.41. The second-order valence-corrected chi connectivity index (χ2v) is 7.32. The molecular formula is C16H20N2O3S. The monoisotopic (exact) mass is 320 g/mol. The maximum absolute atomic E-state index is 12.4. The van der Waals surface area contributed by atoms with Gasteiger partial charge in [-0.25, -0.2) is 4.98 Å². The molecule has 1 saturated carbocycles. The maximum atomic E-state index is 12.4. The topological polar surface area (TPSA) is 79.3 Å². The number of rotatable bonds is 5. The Bertz CT molecular complexity index is 623. The first-order valence-electron chi connectivity index (χ1n) is 7.60. The minimum Gasteiger partial charge on any atom is -0.481 e. The second kappa shape index (κ2) is 5.83. The first kappa shape index (κ1) is 15.2. The van der Waals surface area contributed by atoms with Crippen molar-refractivity contribution in [2.75, 3.05) is 0 Å². The zero-order valence-electron chi connectivity index (χ0n) is 12.7. The van der Waals surface area contributed by atoms with E-state index >= 15 is 0 Å². The smallest absolute Gasteiger partial charge is 0.307 e. The van der Waals surface area contributed by atoms with Gasteiger partial charge in [0.1, 0.15) is 5.01 Å². The summed E-state index contributed by atoms with van der Waals surface area (Å²) in [6, 6.07) is 0. The highest BCUT2D eigenvalue weighted by molar-refractivity contribution is 7.09. The molecule has 5 nitrogen and oxygen atoms in total. The second-order valence-electron chi connectivity index (χ2n) is 6.38. The number of thiazole rings is 1. The fourth-order valence-corrected chi connectivity index (χ4v) is 4.36. The molecule has 6 heteroatoms. The lowest BCUT2D eigenvalue weighted by atomic mass is 9.82. The summed E-state index contributed by atoms with van der Waals surface area (Å²) in [5, 5.41) is 15.1. The number of carbonyl (C=O) groups excluding carboxylic acids is 1. The molecule has 0 aromatic carbocycles. The SMILES string of the molecule is CC(C)c1csc(CNC(=O)C2C3C=CC(C3)C2C(=O)O)n1. The molecule has 118 valence electrons. The summed E-state index contributed by atoms with van der Waals surface area (Å²) < 4.78 is 0. The van der Waals surface area contributed by atoms with Crippen molar-refractivity contribution < 1.29 is 14.7 Å². The van der Waals surface area contributed by atoms with E-state index in [2.05, 4.69) is 24.1 Å². The van der Waals surface area contributed by atoms with Crippen LogP contribution in [0.4, 0.5) is 0 Å². The Kier molecular flexibility index (Phi) is 4.04. The minimum absolute atomic E-state index is 0.00524. The van der Waals surface area contributed by atoms with E-state index in [4.69, 9.17) is 0 Å². The van der Waals surface area contributed by atoms with Crippen LogP contribution in [0.2, 0.25) is 0 Å². The van der Waals surface area contributed by atoms with E-state index in [-0.39, 0.29) is 17.7 Å². The molecule has 4 atom stereocenters. The van der Waals surface area contributed by atoms with Crippen LogP contribution in [0, 0.1) is 23.7 Å². The van der Waals surface area contributed by atoms with Crippen molar-refractivity contribution in [3.8, 4) is 0 Å². The number of aromatic nitrogens is 1. The van der Waals surface area contributed by atoms with Crippen LogP contribution in [0.1, 0.15) is 36.9 Å². The lowest BCUT2D eigenvalue weighted by molar-refractivity contribution is -0.147. The third-order valence-electron chi connectivity index (χ3n) is 4.62. The normalized spacial score (nSPS) is 29.2. The number of hydrogen-bond donors (Lipinski definition) is 2. The summed E-state index contributed by atoms with van der Waals surface area (Å²) in [4.78, 5) is 28.4. The van der Waals surface area contributed by atoms with Gasteiger partial charge in [-0.2, -0.15) is 0 Å². The van der Waals surface area contributed by atoms with Gasteiger partial charge in [0.2, 0.25) is 5.91 Å². The van der Waals surface area contributed by atoms with Gasteiger partial charge in [0.25, 0.3) is 0 Å². The van der Waals surface area contributed by atoms with E-state index < -0.39 is 17.8 Å². The van der Waals surface area contributed by atoms with Crippen LogP contribution in [0.3, 0.4) is 0 Å². The molecule has 0 spiro atoms. The van der Waals surface area contributed by atoms with Gasteiger partial charge in [-0.05, 0) is 24.2 Å². The van der Waals surface area contributed by atoms with Gasteiger partial charge in [-0.15, -0.1) is 11.3 Å². The number of nitrogens with zero attached hydrogens (tertiary/aromatic N) is 1. The van der Waals surface area contributed by atoms with Gasteiger partial charge in [0.05, 0.1) is 24.1 Å². The largest absolute Gasteiger partial charge is 0.481 e. The highest BCUT2D eigenvalue weighted by Gasteiger charge is 2.51. The molecule has 0 aliphatic heterocycles. The standard InChI is InChI=1S/C16H20N2O3S/c1-8(2)11-7-22-12(18-11)6-17-15(19)13-9-3-4-10(5-9)14(13)16(20)21/h3-4,7-10,13-14H,5-6H2,1-2H3,(H,17,19)(H,20,21). The van der Waals surface area contributed by atoms with Gasteiger partial charge in [0.15, 0.2) is 0 Å². The number of carboxylic acids is 1. The number of carboxylic acid groups (broad SMARTS) is 1. The molecule has 22 heavy (non-hydrogen) atoms. The first-order chi connectivity index (χ1) is 10.5. The third-order valence-corrected chi connectivity index (χ3v) is 5.49. The third kappa shape index (κ3) is 2.67. The average molecular weight is 320 g/mol. The van der Waals surface area contributed by atoms with Gasteiger partial charge in [-0.1, -0.05) is 26.0 Å². The number of aliphatic carboxylic acids is 1. The van der Waals surface area contributed by atoms with Crippen LogP contribution in [0.15, 0.2) is 17.5 Å². The van der Waals surface area contributed by atoms with Crippen LogP contribution in [-0.4, -0.2) is 22.0 Å². The van der Waals surface area contributed by atoms with Crippen molar-refractivity contribution in [3.63, 3.8) is 0 Å². The summed E-state index contributed by atoms with van der Waals surface area (Å²) in [5.41, 5.74) is 1.03. The summed E-state index contributed by atoms with van der Waals surface area (Å²) >= 11 is 1.53. The Morgan fingerprint density at radius 2 is 2.05 bits per heavy atom. The Hall–Kier alpha value is -1.69. The number of allylic oxidation sites excluding steroid dienone is 2. The molecule has 1 aromatic rings. The van der Waals surface area contributed by atoms with E-state index in [1.165, 1.54) is 11.3 Å². The molecule has 2 aliphatic carbocycles. The average Bonchev–Trinajstić information content (AvgIpc) is 3.18. The molecule has 1 heterocycles. The van der Waals surface area contributed by atoms with Crippen molar-refractivity contribution in [2.45, 2.75) is 32.7 Å². The molecule has 1 amide bonds. The van der Waals surface area contributed by atoms with Crippen LogP contribution >= 0.6 is 11.3 Å². The Morgan fingerprint density at radius 3 is 2.64 bits per heavy atom. The summed E-state index contributed by atoms with van der Waals surface area (Å²) in [6.45, 7) is 4.53. The molecule has 4 unspecified atom stereocenters. The molecule has 1 fully saturated rings. The first-order valence-corrected chi connectivity index (χ1v) is 8.48. The number of nitrogens with one attached hydrogen (secondary N) is 1. The van der Waals surface area contributed by atoms with Gasteiger partial charge in [-0.3, -0.25) is 9.59 Å². The minimum atomic E-state index is -0.867. The lowest BCUT2D eigenvalue weighted by Gasteiger charge is -2.23. The predicted molar refractivity (Wildman–Crippen MR) is 83.4 cm³/mol. The van der Waals surface area contributed by atoms with E-state index in [1.54, 1.807) is 0 Å². The fraction of sp³-hybridized carbons (Fsp3) is 0.562. The van der Waals surface area contributed by atoms with E-state index in [0.29, 0.717) is 12.5 Å². The van der Waals surface area contributed by atoms with Gasteiger partial charge < -0.3 is 10.4 Å². The van der Waals surface area contributed by atoms with Crippen molar-refractivity contribution in [1.29, 1.82) is 0 Å². The summed E-state index contributed by atoms with van der Waals surface area (Å²) in [6.07, 6.45) is 4.72. The number of fused-ring (bicyclic) bond motifs is 2. The molecule has 2 bridgehead atoms. The molecule has 1 aromatic heterocycles. The highest BCUT2D eigenvalue weighted by atomic mass is 32.1. The van der Waals surface area contributed by atoms with E-state index in [1.807, 2.05) is 17.5 Å². The number of carbonyl (C=O) groups is 2. The summed E-state index contributed by atoms with van der Waals surface area (Å²) in [5.74, 6) is -1.62. The molecule has 0 radical (unpaired) electrons. The van der Waals surface area contributed by atoms with Crippen LogP contribution in [0.25, 0.3) is 0 Å². The molecule has 2 N–H and O–H groups in total. The number of amides is 1. The molecule has 2 aliphatic rings. The molecule has 3 rings (SSSR count). The van der Waals surface area contributed by atoms with Crippen molar-refractivity contribution in [2.24, 2.45) is 23.7 Å². The zero-order chi connectivity index (χ0) is 15.9. The Morgan fingerprint density at radius 1 is 1.36 bits per heavy atom. The summed E-state index contributed by atoms with van der Waals surface area (Å²) in [7, 11) is 0. The highest BCUT2D eigenvalue weighted by Crippen LogP contribution is 2.48. The van der Waals surface area contributed by atoms with Crippen molar-refractivity contribution in [3.05, 3.63) is 28.2 Å². The van der Waals surface area contributed by atoms with Crippen LogP contribution < -0.4 is 5.32 Å². The fourth-order valence-electron chi connectivity index (χ4n) is 3.47.